The summed E-state index contributed by atoms with van der Waals surface area (Å²) in [5.41, 5.74) is 11.9. The third-order valence-electron chi connectivity index (χ3n) is 6.18. The molecule has 4 N–H and O–H groups in total. The Kier molecular flexibility index (Phi) is 8.31. The molecular formula is C19H40N4. The molecule has 3 aliphatic rings. The topological polar surface area (TPSA) is 58.5 Å². The molecule has 0 aromatic carbocycles. The maximum atomic E-state index is 5.93. The van der Waals surface area contributed by atoms with Crippen LogP contribution < -0.4 is 11.5 Å². The summed E-state index contributed by atoms with van der Waals surface area (Å²) in [5, 5.41) is 0. The summed E-state index contributed by atoms with van der Waals surface area (Å²) in [6.45, 7) is 4.93. The van der Waals surface area contributed by atoms with Gasteiger partial charge in [0.2, 0.25) is 0 Å². The van der Waals surface area contributed by atoms with Gasteiger partial charge in [-0.2, -0.15) is 0 Å². The molecule has 1 saturated heterocycles. The number of likely N-dealkylation sites (N-methyl/N-ethyl adjacent to an activating group) is 2. The fourth-order valence-electron chi connectivity index (χ4n) is 4.23. The molecule has 1 heterocycles. The number of rotatable bonds is 2. The second-order valence-electron chi connectivity index (χ2n) is 8.40. The maximum absolute atomic E-state index is 5.93. The first-order valence-corrected chi connectivity index (χ1v) is 9.91. The molecule has 0 bridgehead atoms. The van der Waals surface area contributed by atoms with Crippen molar-refractivity contribution in [3.63, 3.8) is 0 Å². The molecule has 136 valence electrons. The monoisotopic (exact) mass is 324 g/mol. The van der Waals surface area contributed by atoms with Crippen molar-refractivity contribution in [3.05, 3.63) is 0 Å². The van der Waals surface area contributed by atoms with Gasteiger partial charge in [0.05, 0.1) is 0 Å². The Bertz CT molecular complexity index is 268. The van der Waals surface area contributed by atoms with Gasteiger partial charge in [0.1, 0.15) is 0 Å². The zero-order chi connectivity index (χ0) is 16.7. The second-order valence-corrected chi connectivity index (χ2v) is 8.40. The van der Waals surface area contributed by atoms with Crippen molar-refractivity contribution in [2.24, 2.45) is 23.3 Å². The summed E-state index contributed by atoms with van der Waals surface area (Å²) in [7, 11) is 4.35. The lowest BCUT2D eigenvalue weighted by Gasteiger charge is -2.32. The molecule has 0 amide bonds. The van der Waals surface area contributed by atoms with Gasteiger partial charge in [0.25, 0.3) is 0 Å². The van der Waals surface area contributed by atoms with Gasteiger partial charge in [-0.3, -0.25) is 0 Å². The first-order chi connectivity index (χ1) is 11.0. The van der Waals surface area contributed by atoms with E-state index in [1.165, 1.54) is 84.0 Å². The molecule has 23 heavy (non-hydrogen) atoms. The van der Waals surface area contributed by atoms with Gasteiger partial charge in [-0.1, -0.05) is 0 Å². The predicted molar refractivity (Wildman–Crippen MR) is 99.5 cm³/mol. The molecule has 2 aliphatic carbocycles. The molecule has 2 saturated carbocycles. The lowest BCUT2D eigenvalue weighted by Crippen LogP contribution is -2.42. The molecule has 0 radical (unpaired) electrons. The van der Waals surface area contributed by atoms with E-state index in [1.54, 1.807) is 0 Å². The Balaban J connectivity index is 0.000000203. The minimum atomic E-state index is 0.501. The van der Waals surface area contributed by atoms with Gasteiger partial charge >= 0.3 is 0 Å². The highest BCUT2D eigenvalue weighted by Crippen LogP contribution is 2.34. The standard InChI is InChI=1S/C13H26N2.C6H14N2/c14-12-5-1-10(2-6-12)9-11-3-7-13(15)8-4-11;1-7-3-5-8(2)6-4-7/h10-13H,1-9,14-15H2;3-6H2,1-2H3. The fraction of sp³-hybridized carbons (Fsp3) is 1.00. The van der Waals surface area contributed by atoms with Gasteiger partial charge in [-0.25, -0.2) is 0 Å². The number of piperazine rings is 1. The van der Waals surface area contributed by atoms with Gasteiger partial charge in [0.15, 0.2) is 0 Å². The number of nitrogens with two attached hydrogens (primary N) is 2. The zero-order valence-corrected chi connectivity index (χ0v) is 15.6. The molecule has 0 unspecified atom stereocenters. The maximum Gasteiger partial charge on any atom is 0.0107 e. The summed E-state index contributed by atoms with van der Waals surface area (Å²) in [6.07, 6.45) is 12.0. The predicted octanol–water partition coefficient (Wildman–Crippen LogP) is 2.28. The summed E-state index contributed by atoms with van der Waals surface area (Å²) in [6, 6.07) is 1.00. The van der Waals surface area contributed by atoms with Gasteiger partial charge in [0, 0.05) is 38.3 Å². The van der Waals surface area contributed by atoms with E-state index >= 15 is 0 Å². The van der Waals surface area contributed by atoms with Crippen molar-refractivity contribution in [3.8, 4) is 0 Å². The van der Waals surface area contributed by atoms with Crippen molar-refractivity contribution < 1.29 is 0 Å². The Morgan fingerprint density at radius 3 is 1.22 bits per heavy atom. The minimum absolute atomic E-state index is 0.501. The Hall–Kier alpha value is -0.160. The van der Waals surface area contributed by atoms with Crippen LogP contribution in [-0.2, 0) is 0 Å². The molecule has 0 aromatic heterocycles. The lowest BCUT2D eigenvalue weighted by atomic mass is 9.76. The van der Waals surface area contributed by atoms with E-state index in [2.05, 4.69) is 23.9 Å². The highest BCUT2D eigenvalue weighted by atomic mass is 15.2. The molecule has 0 spiro atoms. The molecule has 3 fully saturated rings. The van der Waals surface area contributed by atoms with Crippen LogP contribution in [-0.4, -0.2) is 62.2 Å². The van der Waals surface area contributed by atoms with Gasteiger partial charge in [-0.05, 0) is 83.7 Å². The van der Waals surface area contributed by atoms with E-state index in [9.17, 15) is 0 Å². The summed E-state index contributed by atoms with van der Waals surface area (Å²) < 4.78 is 0. The number of nitrogens with zero attached hydrogens (tertiary/aromatic N) is 2. The van der Waals surface area contributed by atoms with E-state index in [0.717, 1.165) is 11.8 Å². The van der Waals surface area contributed by atoms with Crippen LogP contribution in [0.4, 0.5) is 0 Å². The average molecular weight is 325 g/mol. The van der Waals surface area contributed by atoms with E-state index in [-0.39, 0.29) is 0 Å². The van der Waals surface area contributed by atoms with E-state index < -0.39 is 0 Å². The van der Waals surface area contributed by atoms with E-state index in [0.29, 0.717) is 12.1 Å². The van der Waals surface area contributed by atoms with Crippen LogP contribution in [0.2, 0.25) is 0 Å². The summed E-state index contributed by atoms with van der Waals surface area (Å²) >= 11 is 0. The molecule has 4 nitrogen and oxygen atoms in total. The quantitative estimate of drug-likeness (QED) is 0.818. The van der Waals surface area contributed by atoms with Crippen LogP contribution >= 0.6 is 0 Å². The normalized spacial score (nSPS) is 37.0. The first kappa shape index (κ1) is 19.2. The Morgan fingerprint density at radius 2 is 0.913 bits per heavy atom. The molecule has 4 heteroatoms. The SMILES string of the molecule is CN1CCN(C)CC1.NC1CCC(CC2CCC(N)CC2)CC1. The lowest BCUT2D eigenvalue weighted by molar-refractivity contribution is 0.181. The largest absolute Gasteiger partial charge is 0.328 e. The first-order valence-electron chi connectivity index (χ1n) is 9.91. The molecule has 0 atom stereocenters. The van der Waals surface area contributed by atoms with Crippen LogP contribution in [0.1, 0.15) is 57.8 Å². The second kappa shape index (κ2) is 9.97. The molecule has 0 aromatic rings. The van der Waals surface area contributed by atoms with Crippen molar-refractivity contribution in [2.75, 3.05) is 40.3 Å². The smallest absolute Gasteiger partial charge is 0.0107 e. The highest BCUT2D eigenvalue weighted by molar-refractivity contribution is 4.80. The van der Waals surface area contributed by atoms with Gasteiger partial charge in [-0.15, -0.1) is 0 Å². The van der Waals surface area contributed by atoms with Gasteiger partial charge < -0.3 is 21.3 Å². The zero-order valence-electron chi connectivity index (χ0n) is 15.6. The van der Waals surface area contributed by atoms with Crippen LogP contribution in [0.3, 0.4) is 0 Å². The van der Waals surface area contributed by atoms with Crippen molar-refractivity contribution in [2.45, 2.75) is 69.9 Å². The number of hydrogen-bond donors (Lipinski definition) is 2. The summed E-state index contributed by atoms with van der Waals surface area (Å²) in [4.78, 5) is 4.72. The van der Waals surface area contributed by atoms with Crippen LogP contribution in [0.25, 0.3) is 0 Å². The number of hydrogen-bond acceptors (Lipinski definition) is 4. The van der Waals surface area contributed by atoms with Crippen LogP contribution in [0.5, 0.6) is 0 Å². The third-order valence-corrected chi connectivity index (χ3v) is 6.18. The highest BCUT2D eigenvalue weighted by Gasteiger charge is 2.24. The minimum Gasteiger partial charge on any atom is -0.328 e. The molecule has 1 aliphatic heterocycles. The third kappa shape index (κ3) is 7.51. The van der Waals surface area contributed by atoms with Crippen LogP contribution in [0.15, 0.2) is 0 Å². The van der Waals surface area contributed by atoms with E-state index in [1.807, 2.05) is 0 Å². The Morgan fingerprint density at radius 1 is 0.609 bits per heavy atom. The molecular weight excluding hydrogens is 284 g/mol. The van der Waals surface area contributed by atoms with Crippen molar-refractivity contribution >= 4 is 0 Å². The van der Waals surface area contributed by atoms with E-state index in [4.69, 9.17) is 11.5 Å². The fourth-order valence-corrected chi connectivity index (χ4v) is 4.23. The van der Waals surface area contributed by atoms with Crippen molar-refractivity contribution in [1.82, 2.24) is 9.80 Å². The van der Waals surface area contributed by atoms with Crippen LogP contribution in [0, 0.1) is 11.8 Å². The Labute approximate surface area is 143 Å². The van der Waals surface area contributed by atoms with Crippen molar-refractivity contribution in [1.29, 1.82) is 0 Å². The average Bonchev–Trinajstić information content (AvgIpc) is 2.55. The summed E-state index contributed by atoms with van der Waals surface area (Å²) in [5.74, 6) is 1.95. The molecule has 3 rings (SSSR count).